The maximum absolute atomic E-state index is 14.1. The van der Waals surface area contributed by atoms with E-state index >= 15 is 0 Å². The van der Waals surface area contributed by atoms with Crippen LogP contribution < -0.4 is 0 Å². The van der Waals surface area contributed by atoms with Crippen LogP contribution in [0.3, 0.4) is 0 Å². The van der Waals surface area contributed by atoms with Crippen LogP contribution in [0.4, 0.5) is 4.39 Å². The zero-order valence-corrected chi connectivity index (χ0v) is 12.8. The lowest BCUT2D eigenvalue weighted by Crippen LogP contribution is -2.31. The summed E-state index contributed by atoms with van der Waals surface area (Å²) in [6, 6.07) is 12.2. The molecule has 1 amide bonds. The third kappa shape index (κ3) is 3.42. The summed E-state index contributed by atoms with van der Waals surface area (Å²) in [5.74, 6) is -0.779. The first-order valence-corrected chi connectivity index (χ1v) is 7.20. The highest BCUT2D eigenvalue weighted by molar-refractivity contribution is 6.31. The highest BCUT2D eigenvalue weighted by atomic mass is 35.5. The molecule has 2 nitrogen and oxygen atoms in total. The average molecular weight is 306 g/mol. The zero-order valence-electron chi connectivity index (χ0n) is 12.1. The number of carbonyl (C=O) groups is 1. The Kier molecular flexibility index (Phi) is 4.97. The largest absolute Gasteiger partial charge is 0.334 e. The zero-order chi connectivity index (χ0) is 15.4. The maximum atomic E-state index is 14.1. The van der Waals surface area contributed by atoms with E-state index in [1.54, 1.807) is 30.0 Å². The summed E-state index contributed by atoms with van der Waals surface area (Å²) in [6.07, 6.45) is 0. The van der Waals surface area contributed by atoms with E-state index in [2.05, 4.69) is 0 Å². The van der Waals surface area contributed by atoms with Gasteiger partial charge in [-0.25, -0.2) is 4.39 Å². The molecular formula is C17H17ClFNO. The molecule has 0 radical (unpaired) electrons. The first-order chi connectivity index (χ1) is 10.0. The van der Waals surface area contributed by atoms with Gasteiger partial charge in [0.1, 0.15) is 5.82 Å². The van der Waals surface area contributed by atoms with Gasteiger partial charge in [-0.1, -0.05) is 41.9 Å². The van der Waals surface area contributed by atoms with Crippen LogP contribution >= 0.6 is 11.6 Å². The van der Waals surface area contributed by atoms with E-state index < -0.39 is 5.82 Å². The second kappa shape index (κ2) is 6.72. The van der Waals surface area contributed by atoms with Crippen LogP contribution in [-0.2, 0) is 6.54 Å². The highest BCUT2D eigenvalue weighted by Crippen LogP contribution is 2.20. The molecule has 2 rings (SSSR count). The number of rotatable bonds is 4. The minimum atomic E-state index is -0.458. The van der Waals surface area contributed by atoms with E-state index in [0.717, 1.165) is 5.56 Å². The van der Waals surface area contributed by atoms with Crippen molar-refractivity contribution in [2.75, 3.05) is 6.54 Å². The van der Waals surface area contributed by atoms with E-state index in [0.29, 0.717) is 23.7 Å². The van der Waals surface area contributed by atoms with Gasteiger partial charge >= 0.3 is 0 Å². The highest BCUT2D eigenvalue weighted by Gasteiger charge is 2.19. The molecule has 0 fully saturated rings. The molecule has 0 aliphatic rings. The molecule has 110 valence electrons. The SMILES string of the molecule is CCN(Cc1ccccc1Cl)C(=O)c1cccc(C)c1F. The molecule has 2 aromatic rings. The van der Waals surface area contributed by atoms with Crippen LogP contribution in [0.2, 0.25) is 5.02 Å². The Hall–Kier alpha value is -1.87. The van der Waals surface area contributed by atoms with Gasteiger partial charge in [-0.3, -0.25) is 4.79 Å². The van der Waals surface area contributed by atoms with Gasteiger partial charge in [-0.15, -0.1) is 0 Å². The topological polar surface area (TPSA) is 20.3 Å². The van der Waals surface area contributed by atoms with Crippen LogP contribution in [0, 0.1) is 12.7 Å². The number of aryl methyl sites for hydroxylation is 1. The van der Waals surface area contributed by atoms with Crippen molar-refractivity contribution < 1.29 is 9.18 Å². The third-order valence-corrected chi connectivity index (χ3v) is 3.78. The standard InChI is InChI=1S/C17H17ClFNO/c1-3-20(11-13-8-4-5-10-15(13)18)17(21)14-9-6-7-12(2)16(14)19/h4-10H,3,11H2,1-2H3. The molecule has 0 unspecified atom stereocenters. The van der Waals surface area contributed by atoms with Crippen LogP contribution in [-0.4, -0.2) is 17.4 Å². The summed E-state index contributed by atoms with van der Waals surface area (Å²) in [5, 5.41) is 0.605. The molecule has 21 heavy (non-hydrogen) atoms. The van der Waals surface area contributed by atoms with Crippen molar-refractivity contribution in [1.82, 2.24) is 4.90 Å². The molecular weight excluding hydrogens is 289 g/mol. The second-order valence-electron chi connectivity index (χ2n) is 4.85. The van der Waals surface area contributed by atoms with E-state index in [1.165, 1.54) is 6.07 Å². The maximum Gasteiger partial charge on any atom is 0.257 e. The van der Waals surface area contributed by atoms with Crippen molar-refractivity contribution in [3.05, 3.63) is 70.0 Å². The number of hydrogen-bond donors (Lipinski definition) is 0. The Balaban J connectivity index is 2.27. The Labute approximate surface area is 129 Å². The molecule has 0 aliphatic heterocycles. The quantitative estimate of drug-likeness (QED) is 0.817. The smallest absolute Gasteiger partial charge is 0.257 e. The molecule has 4 heteroatoms. The molecule has 0 bridgehead atoms. The summed E-state index contributed by atoms with van der Waals surface area (Å²) in [5.41, 5.74) is 1.42. The summed E-state index contributed by atoms with van der Waals surface area (Å²) in [6.45, 7) is 4.36. The average Bonchev–Trinajstić information content (AvgIpc) is 2.48. The van der Waals surface area contributed by atoms with Crippen molar-refractivity contribution in [3.63, 3.8) is 0 Å². The summed E-state index contributed by atoms with van der Waals surface area (Å²) >= 11 is 6.12. The van der Waals surface area contributed by atoms with Crippen molar-refractivity contribution in [1.29, 1.82) is 0 Å². The van der Waals surface area contributed by atoms with Gasteiger partial charge in [0.2, 0.25) is 0 Å². The van der Waals surface area contributed by atoms with Crippen molar-refractivity contribution in [2.45, 2.75) is 20.4 Å². The Morgan fingerprint density at radius 2 is 1.90 bits per heavy atom. The molecule has 0 aromatic heterocycles. The molecule has 0 heterocycles. The summed E-state index contributed by atoms with van der Waals surface area (Å²) in [7, 11) is 0. The van der Waals surface area contributed by atoms with Gasteiger partial charge in [0.15, 0.2) is 0 Å². The predicted molar refractivity (Wildman–Crippen MR) is 83.0 cm³/mol. The third-order valence-electron chi connectivity index (χ3n) is 3.41. The normalized spacial score (nSPS) is 10.5. The molecule has 2 aromatic carbocycles. The number of benzene rings is 2. The molecule has 0 aliphatic carbocycles. The van der Waals surface area contributed by atoms with Gasteiger partial charge in [-0.05, 0) is 37.1 Å². The van der Waals surface area contributed by atoms with Crippen LogP contribution in [0.15, 0.2) is 42.5 Å². The molecule has 0 saturated heterocycles. The number of nitrogens with zero attached hydrogens (tertiary/aromatic N) is 1. The van der Waals surface area contributed by atoms with Gasteiger partial charge in [0.25, 0.3) is 5.91 Å². The lowest BCUT2D eigenvalue weighted by atomic mass is 10.1. The van der Waals surface area contributed by atoms with Gasteiger partial charge in [0, 0.05) is 18.1 Å². The lowest BCUT2D eigenvalue weighted by Gasteiger charge is -2.22. The van der Waals surface area contributed by atoms with Crippen molar-refractivity contribution in [3.8, 4) is 0 Å². The first-order valence-electron chi connectivity index (χ1n) is 6.82. The molecule has 0 atom stereocenters. The summed E-state index contributed by atoms with van der Waals surface area (Å²) < 4.78 is 14.1. The van der Waals surface area contributed by atoms with E-state index in [-0.39, 0.29) is 11.5 Å². The lowest BCUT2D eigenvalue weighted by molar-refractivity contribution is 0.0747. The Morgan fingerprint density at radius 1 is 1.19 bits per heavy atom. The second-order valence-corrected chi connectivity index (χ2v) is 5.25. The molecule has 0 spiro atoms. The number of amides is 1. The van der Waals surface area contributed by atoms with Gasteiger partial charge < -0.3 is 4.90 Å². The summed E-state index contributed by atoms with van der Waals surface area (Å²) in [4.78, 5) is 14.1. The predicted octanol–water partition coefficient (Wildman–Crippen LogP) is 4.45. The van der Waals surface area contributed by atoms with Crippen molar-refractivity contribution in [2.24, 2.45) is 0 Å². The fourth-order valence-electron chi connectivity index (χ4n) is 2.14. The van der Waals surface area contributed by atoms with Gasteiger partial charge in [0.05, 0.1) is 5.56 Å². The molecule has 0 saturated carbocycles. The Morgan fingerprint density at radius 3 is 2.57 bits per heavy atom. The van der Waals surface area contributed by atoms with Crippen LogP contribution in [0.1, 0.15) is 28.4 Å². The molecule has 0 N–H and O–H groups in total. The van der Waals surface area contributed by atoms with E-state index in [1.807, 2.05) is 25.1 Å². The number of carbonyl (C=O) groups excluding carboxylic acids is 1. The number of hydrogen-bond acceptors (Lipinski definition) is 1. The fourth-order valence-corrected chi connectivity index (χ4v) is 2.34. The van der Waals surface area contributed by atoms with Crippen molar-refractivity contribution >= 4 is 17.5 Å². The minimum absolute atomic E-state index is 0.101. The Bertz CT molecular complexity index is 657. The fraction of sp³-hybridized carbons (Fsp3) is 0.235. The van der Waals surface area contributed by atoms with Gasteiger partial charge in [-0.2, -0.15) is 0 Å². The van der Waals surface area contributed by atoms with Crippen LogP contribution in [0.25, 0.3) is 0 Å². The first kappa shape index (κ1) is 15.5. The van der Waals surface area contributed by atoms with E-state index in [4.69, 9.17) is 11.6 Å². The van der Waals surface area contributed by atoms with Crippen LogP contribution in [0.5, 0.6) is 0 Å². The minimum Gasteiger partial charge on any atom is -0.334 e. The monoisotopic (exact) mass is 305 g/mol. The number of halogens is 2. The van der Waals surface area contributed by atoms with E-state index in [9.17, 15) is 9.18 Å².